The van der Waals surface area contributed by atoms with Gasteiger partial charge in [-0.1, -0.05) is 6.07 Å². The monoisotopic (exact) mass is 234 g/mol. The summed E-state index contributed by atoms with van der Waals surface area (Å²) in [5, 5.41) is 0. The summed E-state index contributed by atoms with van der Waals surface area (Å²) in [5.74, 6) is 0.578. The summed E-state index contributed by atoms with van der Waals surface area (Å²) < 4.78 is 4.86. The standard InChI is InChI=1S/C13H18N2O2/c1-17-10-13(16)15-8-5-11(6-9-15)12-4-2-3-7-14-12/h2-4,7,11H,5-6,8-10H2,1H3. The van der Waals surface area contributed by atoms with Crippen LogP contribution in [0.2, 0.25) is 0 Å². The maximum Gasteiger partial charge on any atom is 0.248 e. The molecule has 0 atom stereocenters. The number of carbonyl (C=O) groups excluding carboxylic acids is 1. The van der Waals surface area contributed by atoms with E-state index in [2.05, 4.69) is 11.1 Å². The Kier molecular flexibility index (Phi) is 4.09. The van der Waals surface area contributed by atoms with Gasteiger partial charge in [0.25, 0.3) is 0 Å². The van der Waals surface area contributed by atoms with Crippen molar-refractivity contribution in [3.05, 3.63) is 30.1 Å². The van der Waals surface area contributed by atoms with E-state index in [1.54, 1.807) is 7.11 Å². The Morgan fingerprint density at radius 3 is 2.82 bits per heavy atom. The van der Waals surface area contributed by atoms with E-state index in [9.17, 15) is 4.79 Å². The molecule has 0 bridgehead atoms. The lowest BCUT2D eigenvalue weighted by Gasteiger charge is -2.31. The van der Waals surface area contributed by atoms with Crippen molar-refractivity contribution in [2.75, 3.05) is 26.8 Å². The molecule has 0 radical (unpaired) electrons. The minimum absolute atomic E-state index is 0.0898. The minimum Gasteiger partial charge on any atom is -0.375 e. The topological polar surface area (TPSA) is 42.4 Å². The van der Waals surface area contributed by atoms with Crippen LogP contribution in [-0.2, 0) is 9.53 Å². The highest BCUT2D eigenvalue weighted by Crippen LogP contribution is 2.26. The van der Waals surface area contributed by atoms with E-state index in [0.717, 1.165) is 31.6 Å². The molecule has 1 fully saturated rings. The van der Waals surface area contributed by atoms with Crippen LogP contribution in [0.4, 0.5) is 0 Å². The van der Waals surface area contributed by atoms with Gasteiger partial charge >= 0.3 is 0 Å². The summed E-state index contributed by atoms with van der Waals surface area (Å²) in [5.41, 5.74) is 1.14. The Labute approximate surface area is 102 Å². The molecule has 17 heavy (non-hydrogen) atoms. The van der Waals surface area contributed by atoms with E-state index < -0.39 is 0 Å². The molecule has 2 rings (SSSR count). The van der Waals surface area contributed by atoms with Gasteiger partial charge in [-0.25, -0.2) is 0 Å². The van der Waals surface area contributed by atoms with Gasteiger partial charge in [-0.15, -0.1) is 0 Å². The molecule has 1 aromatic rings. The Hall–Kier alpha value is -1.42. The van der Waals surface area contributed by atoms with Gasteiger partial charge in [-0.3, -0.25) is 9.78 Å². The lowest BCUT2D eigenvalue weighted by atomic mass is 9.93. The smallest absolute Gasteiger partial charge is 0.248 e. The quantitative estimate of drug-likeness (QED) is 0.794. The number of hydrogen-bond acceptors (Lipinski definition) is 3. The summed E-state index contributed by atoms with van der Waals surface area (Å²) in [6, 6.07) is 6.02. The number of aromatic nitrogens is 1. The predicted molar refractivity (Wildman–Crippen MR) is 64.7 cm³/mol. The van der Waals surface area contributed by atoms with Crippen molar-refractivity contribution in [3.8, 4) is 0 Å². The maximum atomic E-state index is 11.6. The van der Waals surface area contributed by atoms with E-state index >= 15 is 0 Å². The average molecular weight is 234 g/mol. The number of hydrogen-bond donors (Lipinski definition) is 0. The number of methoxy groups -OCH3 is 1. The second-order valence-electron chi connectivity index (χ2n) is 4.34. The minimum atomic E-state index is 0.0898. The number of pyridine rings is 1. The van der Waals surface area contributed by atoms with Crippen LogP contribution >= 0.6 is 0 Å². The zero-order chi connectivity index (χ0) is 12.1. The number of likely N-dealkylation sites (tertiary alicyclic amines) is 1. The van der Waals surface area contributed by atoms with Crippen LogP contribution in [0.3, 0.4) is 0 Å². The van der Waals surface area contributed by atoms with Gasteiger partial charge in [-0.05, 0) is 25.0 Å². The van der Waals surface area contributed by atoms with Gasteiger partial charge in [-0.2, -0.15) is 0 Å². The molecule has 1 saturated heterocycles. The highest BCUT2D eigenvalue weighted by atomic mass is 16.5. The Morgan fingerprint density at radius 2 is 2.24 bits per heavy atom. The summed E-state index contributed by atoms with van der Waals surface area (Å²) in [6.07, 6.45) is 3.82. The summed E-state index contributed by atoms with van der Waals surface area (Å²) in [4.78, 5) is 17.9. The normalized spacial score (nSPS) is 17.1. The van der Waals surface area contributed by atoms with Crippen molar-refractivity contribution < 1.29 is 9.53 Å². The van der Waals surface area contributed by atoms with Crippen LogP contribution < -0.4 is 0 Å². The zero-order valence-electron chi connectivity index (χ0n) is 10.1. The molecule has 92 valence electrons. The maximum absolute atomic E-state index is 11.6. The first-order valence-corrected chi connectivity index (χ1v) is 5.99. The highest BCUT2D eigenvalue weighted by molar-refractivity contribution is 5.77. The molecule has 0 saturated carbocycles. The summed E-state index contributed by atoms with van der Waals surface area (Å²) >= 11 is 0. The van der Waals surface area contributed by atoms with E-state index in [0.29, 0.717) is 5.92 Å². The van der Waals surface area contributed by atoms with Gasteiger partial charge in [0, 0.05) is 38.0 Å². The van der Waals surface area contributed by atoms with Crippen molar-refractivity contribution in [1.82, 2.24) is 9.88 Å². The third-order valence-corrected chi connectivity index (χ3v) is 3.22. The molecule has 0 aliphatic carbocycles. The molecule has 1 aromatic heterocycles. The number of ether oxygens (including phenoxy) is 1. The Morgan fingerprint density at radius 1 is 1.47 bits per heavy atom. The van der Waals surface area contributed by atoms with E-state index in [1.807, 2.05) is 23.2 Å². The largest absolute Gasteiger partial charge is 0.375 e. The van der Waals surface area contributed by atoms with Crippen LogP contribution in [0.1, 0.15) is 24.5 Å². The molecule has 1 aliphatic heterocycles. The van der Waals surface area contributed by atoms with E-state index in [1.165, 1.54) is 0 Å². The van der Waals surface area contributed by atoms with Crippen molar-refractivity contribution in [2.24, 2.45) is 0 Å². The highest BCUT2D eigenvalue weighted by Gasteiger charge is 2.23. The van der Waals surface area contributed by atoms with E-state index in [-0.39, 0.29) is 12.5 Å². The number of rotatable bonds is 3. The third kappa shape index (κ3) is 3.03. The first-order valence-electron chi connectivity index (χ1n) is 5.99. The molecular weight excluding hydrogens is 216 g/mol. The van der Waals surface area contributed by atoms with Gasteiger partial charge in [0.15, 0.2) is 0 Å². The predicted octanol–water partition coefficient (Wildman–Crippen LogP) is 1.43. The van der Waals surface area contributed by atoms with Crippen LogP contribution in [0.15, 0.2) is 24.4 Å². The third-order valence-electron chi connectivity index (χ3n) is 3.22. The average Bonchev–Trinajstić information content (AvgIpc) is 2.40. The van der Waals surface area contributed by atoms with Crippen LogP contribution in [0, 0.1) is 0 Å². The lowest BCUT2D eigenvalue weighted by Crippen LogP contribution is -2.39. The molecule has 1 aliphatic rings. The van der Waals surface area contributed by atoms with Gasteiger partial charge in [0.05, 0.1) is 0 Å². The van der Waals surface area contributed by atoms with Crippen LogP contribution in [-0.4, -0.2) is 42.6 Å². The SMILES string of the molecule is COCC(=O)N1CCC(c2ccccn2)CC1. The fourth-order valence-electron chi connectivity index (χ4n) is 2.26. The first-order chi connectivity index (χ1) is 8.31. The molecule has 0 unspecified atom stereocenters. The molecule has 0 aromatic carbocycles. The van der Waals surface area contributed by atoms with Crippen LogP contribution in [0.25, 0.3) is 0 Å². The Bertz CT molecular complexity index is 359. The van der Waals surface area contributed by atoms with Crippen molar-refractivity contribution >= 4 is 5.91 Å². The summed E-state index contributed by atoms with van der Waals surface area (Å²) in [7, 11) is 1.55. The van der Waals surface area contributed by atoms with Gasteiger partial charge in [0.2, 0.25) is 5.91 Å². The molecule has 0 spiro atoms. The summed E-state index contributed by atoms with van der Waals surface area (Å²) in [6.45, 7) is 1.81. The number of carbonyl (C=O) groups is 1. The zero-order valence-corrected chi connectivity index (χ0v) is 10.1. The van der Waals surface area contributed by atoms with Crippen molar-refractivity contribution in [1.29, 1.82) is 0 Å². The number of piperidine rings is 1. The molecule has 2 heterocycles. The molecule has 4 nitrogen and oxygen atoms in total. The van der Waals surface area contributed by atoms with Crippen molar-refractivity contribution in [2.45, 2.75) is 18.8 Å². The van der Waals surface area contributed by atoms with E-state index in [4.69, 9.17) is 4.74 Å². The second-order valence-corrected chi connectivity index (χ2v) is 4.34. The molecule has 1 amide bonds. The molecule has 4 heteroatoms. The fourth-order valence-corrected chi connectivity index (χ4v) is 2.26. The molecule has 0 N–H and O–H groups in total. The van der Waals surface area contributed by atoms with Crippen LogP contribution in [0.5, 0.6) is 0 Å². The molecular formula is C13H18N2O2. The number of amides is 1. The lowest BCUT2D eigenvalue weighted by molar-refractivity contribution is -0.136. The van der Waals surface area contributed by atoms with Gasteiger partial charge < -0.3 is 9.64 Å². The van der Waals surface area contributed by atoms with Crippen molar-refractivity contribution in [3.63, 3.8) is 0 Å². The van der Waals surface area contributed by atoms with Gasteiger partial charge in [0.1, 0.15) is 6.61 Å². The first kappa shape index (κ1) is 12.0. The Balaban J connectivity index is 1.88. The number of nitrogens with zero attached hydrogens (tertiary/aromatic N) is 2. The second kappa shape index (κ2) is 5.77. The fraction of sp³-hybridized carbons (Fsp3) is 0.538.